The Kier molecular flexibility index (Phi) is 9.38. The number of hydrogen-bond donors (Lipinski definition) is 2. The molecule has 2 N–H and O–H groups in total. The normalized spacial score (nSPS) is 15.6. The van der Waals surface area contributed by atoms with E-state index < -0.39 is 10.0 Å². The van der Waals surface area contributed by atoms with Gasteiger partial charge in [-0.1, -0.05) is 30.7 Å². The van der Waals surface area contributed by atoms with Crippen LogP contribution in [0.2, 0.25) is 0 Å². The molecule has 0 aliphatic carbocycles. The van der Waals surface area contributed by atoms with E-state index in [1.54, 1.807) is 17.4 Å². The van der Waals surface area contributed by atoms with Gasteiger partial charge in [-0.2, -0.15) is 4.31 Å². The molecule has 29 heavy (non-hydrogen) atoms. The molecule has 0 saturated carbocycles. The maximum Gasteiger partial charge on any atom is 0.252 e. The molecular weight excluding hydrogens is 519 g/mol. The Bertz CT molecular complexity index is 922. The fraction of sp³-hybridized carbons (Fsp3) is 0.450. The summed E-state index contributed by atoms with van der Waals surface area (Å²) in [4.78, 5) is 5.22. The van der Waals surface area contributed by atoms with E-state index >= 15 is 0 Å². The van der Waals surface area contributed by atoms with Crippen LogP contribution in [0.3, 0.4) is 0 Å². The molecule has 6 nitrogen and oxygen atoms in total. The summed E-state index contributed by atoms with van der Waals surface area (Å²) < 4.78 is 27.6. The molecule has 0 amide bonds. The lowest BCUT2D eigenvalue weighted by molar-refractivity contribution is 0.347. The molecule has 1 aromatic carbocycles. The van der Waals surface area contributed by atoms with Crippen molar-refractivity contribution in [2.75, 3.05) is 20.1 Å². The Labute approximate surface area is 194 Å². The Hall–Kier alpha value is -1.17. The van der Waals surface area contributed by atoms with E-state index in [2.05, 4.69) is 34.7 Å². The molecule has 0 bridgehead atoms. The van der Waals surface area contributed by atoms with E-state index in [1.807, 2.05) is 18.2 Å². The summed E-state index contributed by atoms with van der Waals surface area (Å²) in [5.74, 6) is 0.692. The Morgan fingerprint density at radius 1 is 1.07 bits per heavy atom. The van der Waals surface area contributed by atoms with Gasteiger partial charge in [-0.05, 0) is 43.0 Å². The lowest BCUT2D eigenvalue weighted by Crippen LogP contribution is -2.36. The number of rotatable bonds is 6. The highest BCUT2D eigenvalue weighted by Crippen LogP contribution is 2.27. The molecule has 2 heterocycles. The van der Waals surface area contributed by atoms with Gasteiger partial charge >= 0.3 is 0 Å². The summed E-state index contributed by atoms with van der Waals surface area (Å²) in [5, 5.41) is 6.56. The van der Waals surface area contributed by atoms with Crippen LogP contribution in [0.1, 0.15) is 35.3 Å². The van der Waals surface area contributed by atoms with Crippen molar-refractivity contribution in [3.63, 3.8) is 0 Å². The highest BCUT2D eigenvalue weighted by atomic mass is 127. The molecule has 2 aromatic rings. The van der Waals surface area contributed by atoms with Crippen LogP contribution in [-0.2, 0) is 23.1 Å². The first-order chi connectivity index (χ1) is 13.5. The summed E-state index contributed by atoms with van der Waals surface area (Å²) >= 11 is 1.33. The molecule has 1 aliphatic heterocycles. The van der Waals surface area contributed by atoms with Crippen molar-refractivity contribution in [3.05, 3.63) is 52.4 Å². The van der Waals surface area contributed by atoms with Gasteiger partial charge in [0.15, 0.2) is 5.96 Å². The molecule has 0 spiro atoms. The smallest absolute Gasteiger partial charge is 0.252 e. The zero-order valence-electron chi connectivity index (χ0n) is 16.8. The van der Waals surface area contributed by atoms with Crippen molar-refractivity contribution in [1.29, 1.82) is 0 Å². The van der Waals surface area contributed by atoms with E-state index in [4.69, 9.17) is 0 Å². The number of benzene rings is 1. The number of sulfonamides is 1. The van der Waals surface area contributed by atoms with Crippen LogP contribution >= 0.6 is 35.3 Å². The first-order valence-electron chi connectivity index (χ1n) is 9.58. The average molecular weight is 549 g/mol. The van der Waals surface area contributed by atoms with E-state index in [9.17, 15) is 8.42 Å². The number of thiophene rings is 1. The molecule has 160 valence electrons. The highest BCUT2D eigenvalue weighted by molar-refractivity contribution is 14.0. The number of hydrogen-bond acceptors (Lipinski definition) is 4. The third-order valence-electron chi connectivity index (χ3n) is 4.91. The van der Waals surface area contributed by atoms with Gasteiger partial charge in [0.2, 0.25) is 0 Å². The van der Waals surface area contributed by atoms with Crippen LogP contribution in [0.4, 0.5) is 0 Å². The van der Waals surface area contributed by atoms with Crippen LogP contribution in [0.15, 0.2) is 45.6 Å². The number of piperidine rings is 1. The second kappa shape index (κ2) is 11.3. The predicted octanol–water partition coefficient (Wildman–Crippen LogP) is 3.71. The van der Waals surface area contributed by atoms with Gasteiger partial charge in [-0.15, -0.1) is 35.3 Å². The van der Waals surface area contributed by atoms with Crippen LogP contribution in [0, 0.1) is 6.92 Å². The lowest BCUT2D eigenvalue weighted by Gasteiger charge is -2.25. The highest BCUT2D eigenvalue weighted by Gasteiger charge is 2.27. The summed E-state index contributed by atoms with van der Waals surface area (Å²) in [6, 6.07) is 11.8. The van der Waals surface area contributed by atoms with Gasteiger partial charge in [0.1, 0.15) is 4.21 Å². The Morgan fingerprint density at radius 3 is 2.45 bits per heavy atom. The minimum atomic E-state index is -3.36. The third-order valence-corrected chi connectivity index (χ3v) is 8.36. The Morgan fingerprint density at radius 2 is 1.76 bits per heavy atom. The molecule has 3 rings (SSSR count). The van der Waals surface area contributed by atoms with Crippen LogP contribution in [-0.4, -0.2) is 38.8 Å². The summed E-state index contributed by atoms with van der Waals surface area (Å²) in [6.45, 7) is 4.56. The van der Waals surface area contributed by atoms with Crippen molar-refractivity contribution >= 4 is 51.3 Å². The number of nitrogens with one attached hydrogen (secondary N) is 2. The van der Waals surface area contributed by atoms with Gasteiger partial charge in [0.05, 0.1) is 6.54 Å². The fourth-order valence-corrected chi connectivity index (χ4v) is 6.17. The van der Waals surface area contributed by atoms with Gasteiger partial charge < -0.3 is 10.6 Å². The van der Waals surface area contributed by atoms with Gasteiger partial charge in [-0.25, -0.2) is 8.42 Å². The first-order valence-corrected chi connectivity index (χ1v) is 11.8. The number of aliphatic imine (C=N–C) groups is 1. The lowest BCUT2D eigenvalue weighted by atomic mass is 10.1. The number of guanidine groups is 1. The average Bonchev–Trinajstić information content (AvgIpc) is 3.20. The zero-order valence-corrected chi connectivity index (χ0v) is 20.8. The number of aryl methyl sites for hydroxylation is 1. The largest absolute Gasteiger partial charge is 0.352 e. The quantitative estimate of drug-likeness (QED) is 0.328. The third kappa shape index (κ3) is 6.40. The van der Waals surface area contributed by atoms with Crippen LogP contribution < -0.4 is 10.6 Å². The van der Waals surface area contributed by atoms with E-state index in [-0.39, 0.29) is 24.0 Å². The molecular formula is C20H29IN4O2S2. The van der Waals surface area contributed by atoms with Crippen LogP contribution in [0.5, 0.6) is 0 Å². The zero-order chi connectivity index (χ0) is 20.0. The first kappa shape index (κ1) is 24.1. The fourth-order valence-electron chi connectivity index (χ4n) is 3.20. The molecule has 1 aliphatic rings. The Balaban J connectivity index is 0.00000300. The number of nitrogens with zero attached hydrogens (tertiary/aromatic N) is 2. The molecule has 9 heteroatoms. The minimum Gasteiger partial charge on any atom is -0.352 e. The van der Waals surface area contributed by atoms with Gasteiger partial charge in [0, 0.05) is 31.6 Å². The van der Waals surface area contributed by atoms with E-state index in [0.717, 1.165) is 24.1 Å². The maximum atomic E-state index is 12.8. The van der Waals surface area contributed by atoms with Crippen molar-refractivity contribution in [2.45, 2.75) is 43.5 Å². The van der Waals surface area contributed by atoms with Crippen molar-refractivity contribution in [2.24, 2.45) is 4.99 Å². The molecule has 0 unspecified atom stereocenters. The predicted molar refractivity (Wildman–Crippen MR) is 131 cm³/mol. The maximum absolute atomic E-state index is 12.8. The van der Waals surface area contributed by atoms with Gasteiger partial charge in [-0.3, -0.25) is 4.99 Å². The SMILES string of the molecule is CN=C(NCc1ccc(S(=O)(=O)N2CCCCC2)s1)NCc1ccccc1C.I. The molecule has 0 radical (unpaired) electrons. The summed E-state index contributed by atoms with van der Waals surface area (Å²) in [6.07, 6.45) is 3.00. The summed E-state index contributed by atoms with van der Waals surface area (Å²) in [5.41, 5.74) is 2.45. The van der Waals surface area contributed by atoms with Crippen molar-refractivity contribution < 1.29 is 8.42 Å². The van der Waals surface area contributed by atoms with E-state index in [1.165, 1.54) is 22.5 Å². The molecule has 1 fully saturated rings. The van der Waals surface area contributed by atoms with Crippen molar-refractivity contribution in [3.8, 4) is 0 Å². The van der Waals surface area contributed by atoms with Gasteiger partial charge in [0.25, 0.3) is 10.0 Å². The summed E-state index contributed by atoms with van der Waals surface area (Å²) in [7, 11) is -1.63. The van der Waals surface area contributed by atoms with Crippen LogP contribution in [0.25, 0.3) is 0 Å². The second-order valence-corrected chi connectivity index (χ2v) is 10.2. The molecule has 0 atom stereocenters. The van der Waals surface area contributed by atoms with Crippen molar-refractivity contribution in [1.82, 2.24) is 14.9 Å². The van der Waals surface area contributed by atoms with E-state index in [0.29, 0.717) is 36.3 Å². The molecule has 1 saturated heterocycles. The monoisotopic (exact) mass is 548 g/mol. The second-order valence-electron chi connectivity index (χ2n) is 6.89. The topological polar surface area (TPSA) is 73.8 Å². The number of halogens is 1. The standard InChI is InChI=1S/C20H28N4O2S2.HI/c1-16-8-4-5-9-17(16)14-22-20(21-2)23-15-18-10-11-19(27-18)28(25,26)24-12-6-3-7-13-24;/h4-5,8-11H,3,6-7,12-15H2,1-2H3,(H2,21,22,23);1H. The minimum absolute atomic E-state index is 0. The molecule has 1 aromatic heterocycles.